The molecule has 2 rings (SSSR count). The average molecular weight is 179 g/mol. The van der Waals surface area contributed by atoms with Crippen molar-refractivity contribution in [2.24, 2.45) is 0 Å². The van der Waals surface area contributed by atoms with Crippen LogP contribution in [-0.2, 0) is 24.2 Å². The van der Waals surface area contributed by atoms with Crippen molar-refractivity contribution in [2.75, 3.05) is 12.3 Å². The second kappa shape index (κ2) is 3.30. The Bertz CT molecular complexity index is 325. The number of aromatic nitrogens is 2. The van der Waals surface area contributed by atoms with Crippen LogP contribution in [0.4, 0.5) is 5.82 Å². The van der Waals surface area contributed by atoms with Crippen molar-refractivity contribution in [2.45, 2.75) is 26.4 Å². The summed E-state index contributed by atoms with van der Waals surface area (Å²) >= 11 is 0. The summed E-state index contributed by atoms with van der Waals surface area (Å²) in [5.74, 6) is 1.44. The van der Waals surface area contributed by atoms with Gasteiger partial charge in [0.05, 0.1) is 18.9 Å². The van der Waals surface area contributed by atoms with Gasteiger partial charge < -0.3 is 10.5 Å². The van der Waals surface area contributed by atoms with Gasteiger partial charge in [0.1, 0.15) is 11.6 Å². The number of nitrogen functional groups attached to an aromatic ring is 1. The van der Waals surface area contributed by atoms with E-state index < -0.39 is 0 Å². The van der Waals surface area contributed by atoms with Gasteiger partial charge in [-0.15, -0.1) is 0 Å². The highest BCUT2D eigenvalue weighted by Crippen LogP contribution is 2.19. The third-order valence-electron chi connectivity index (χ3n) is 2.22. The molecule has 0 radical (unpaired) electrons. The lowest BCUT2D eigenvalue weighted by atomic mass is 10.1. The van der Waals surface area contributed by atoms with Crippen molar-refractivity contribution in [1.29, 1.82) is 0 Å². The maximum Gasteiger partial charge on any atom is 0.130 e. The van der Waals surface area contributed by atoms with Crippen LogP contribution >= 0.6 is 0 Å². The largest absolute Gasteiger partial charge is 0.383 e. The van der Waals surface area contributed by atoms with E-state index in [2.05, 4.69) is 9.97 Å². The number of hydrogen-bond donors (Lipinski definition) is 1. The predicted molar refractivity (Wildman–Crippen MR) is 49.2 cm³/mol. The van der Waals surface area contributed by atoms with Crippen LogP contribution in [0.5, 0.6) is 0 Å². The Hall–Kier alpha value is -1.16. The fraction of sp³-hybridized carbons (Fsp3) is 0.556. The van der Waals surface area contributed by atoms with E-state index in [1.807, 2.05) is 6.92 Å². The molecule has 0 unspecified atom stereocenters. The zero-order valence-corrected chi connectivity index (χ0v) is 7.71. The maximum atomic E-state index is 5.81. The van der Waals surface area contributed by atoms with E-state index in [1.54, 1.807) is 0 Å². The molecule has 0 bridgehead atoms. The molecule has 1 aromatic heterocycles. The Morgan fingerprint density at radius 1 is 1.46 bits per heavy atom. The van der Waals surface area contributed by atoms with Gasteiger partial charge in [-0.05, 0) is 0 Å². The molecule has 4 nitrogen and oxygen atoms in total. The minimum Gasteiger partial charge on any atom is -0.383 e. The minimum absolute atomic E-state index is 0.578. The van der Waals surface area contributed by atoms with E-state index in [-0.39, 0.29) is 0 Å². The van der Waals surface area contributed by atoms with Crippen LogP contribution in [0.15, 0.2) is 0 Å². The normalized spacial score (nSPS) is 15.5. The van der Waals surface area contributed by atoms with Crippen LogP contribution in [0.2, 0.25) is 0 Å². The standard InChI is InChI=1S/C9H13N3O/c1-2-8-11-7-5-13-4-3-6(7)9(10)12-8/h2-5H2,1H3,(H2,10,11,12). The van der Waals surface area contributed by atoms with Crippen molar-refractivity contribution in [3.63, 3.8) is 0 Å². The first-order valence-corrected chi connectivity index (χ1v) is 4.53. The van der Waals surface area contributed by atoms with Gasteiger partial charge in [-0.1, -0.05) is 6.92 Å². The molecule has 0 fully saturated rings. The summed E-state index contributed by atoms with van der Waals surface area (Å²) in [7, 11) is 0. The van der Waals surface area contributed by atoms with E-state index in [1.165, 1.54) is 0 Å². The molecule has 0 amide bonds. The van der Waals surface area contributed by atoms with Crippen LogP contribution in [0, 0.1) is 0 Å². The molecule has 0 saturated carbocycles. The minimum atomic E-state index is 0.578. The molecule has 0 saturated heterocycles. The number of nitrogens with two attached hydrogens (primary N) is 1. The number of hydrogen-bond acceptors (Lipinski definition) is 4. The summed E-state index contributed by atoms with van der Waals surface area (Å²) < 4.78 is 5.30. The molecule has 1 aliphatic rings. The van der Waals surface area contributed by atoms with E-state index in [4.69, 9.17) is 10.5 Å². The van der Waals surface area contributed by atoms with Crippen LogP contribution in [0.25, 0.3) is 0 Å². The molecule has 0 atom stereocenters. The summed E-state index contributed by atoms with van der Waals surface area (Å²) in [5, 5.41) is 0. The van der Waals surface area contributed by atoms with Gasteiger partial charge in [-0.2, -0.15) is 0 Å². The number of ether oxygens (including phenoxy) is 1. The number of fused-ring (bicyclic) bond motifs is 1. The lowest BCUT2D eigenvalue weighted by Gasteiger charge is -2.17. The number of anilines is 1. The molecule has 0 aliphatic carbocycles. The topological polar surface area (TPSA) is 61.0 Å². The SMILES string of the molecule is CCc1nc(N)c2c(n1)COCC2. The molecule has 1 aliphatic heterocycles. The lowest BCUT2D eigenvalue weighted by molar-refractivity contribution is 0.107. The van der Waals surface area contributed by atoms with E-state index in [9.17, 15) is 0 Å². The van der Waals surface area contributed by atoms with Crippen LogP contribution in [0.1, 0.15) is 24.0 Å². The van der Waals surface area contributed by atoms with Gasteiger partial charge in [0.25, 0.3) is 0 Å². The van der Waals surface area contributed by atoms with Crippen molar-refractivity contribution in [3.8, 4) is 0 Å². The van der Waals surface area contributed by atoms with Crippen molar-refractivity contribution in [3.05, 3.63) is 17.1 Å². The smallest absolute Gasteiger partial charge is 0.130 e. The number of rotatable bonds is 1. The van der Waals surface area contributed by atoms with Gasteiger partial charge in [0.15, 0.2) is 0 Å². The van der Waals surface area contributed by atoms with Crippen molar-refractivity contribution >= 4 is 5.82 Å². The van der Waals surface area contributed by atoms with Crippen LogP contribution in [0.3, 0.4) is 0 Å². The fourth-order valence-corrected chi connectivity index (χ4v) is 1.50. The molecule has 4 heteroatoms. The quantitative estimate of drug-likeness (QED) is 0.689. The molecule has 2 heterocycles. The lowest BCUT2D eigenvalue weighted by Crippen LogP contribution is -2.16. The summed E-state index contributed by atoms with van der Waals surface area (Å²) in [5.41, 5.74) is 7.85. The van der Waals surface area contributed by atoms with Gasteiger partial charge in [0, 0.05) is 18.4 Å². The Balaban J connectivity index is 2.47. The highest BCUT2D eigenvalue weighted by Gasteiger charge is 2.15. The number of aryl methyl sites for hydroxylation is 1. The van der Waals surface area contributed by atoms with E-state index in [0.29, 0.717) is 12.4 Å². The molecular weight excluding hydrogens is 166 g/mol. The highest BCUT2D eigenvalue weighted by atomic mass is 16.5. The monoisotopic (exact) mass is 179 g/mol. The van der Waals surface area contributed by atoms with Crippen molar-refractivity contribution < 1.29 is 4.74 Å². The van der Waals surface area contributed by atoms with Gasteiger partial charge in [-0.3, -0.25) is 0 Å². The summed E-state index contributed by atoms with van der Waals surface area (Å²) in [6, 6.07) is 0. The van der Waals surface area contributed by atoms with Crippen LogP contribution < -0.4 is 5.73 Å². The predicted octanol–water partition coefficient (Wildman–Crippen LogP) is 0.694. The van der Waals surface area contributed by atoms with Gasteiger partial charge >= 0.3 is 0 Å². The summed E-state index contributed by atoms with van der Waals surface area (Å²) in [4.78, 5) is 8.59. The molecule has 13 heavy (non-hydrogen) atoms. The molecule has 1 aromatic rings. The Kier molecular flexibility index (Phi) is 2.14. The third kappa shape index (κ3) is 1.49. The first-order chi connectivity index (χ1) is 6.31. The third-order valence-corrected chi connectivity index (χ3v) is 2.22. The second-order valence-electron chi connectivity index (χ2n) is 3.11. The summed E-state index contributed by atoms with van der Waals surface area (Å²) in [6.45, 7) is 3.33. The first kappa shape index (κ1) is 8.44. The van der Waals surface area contributed by atoms with Gasteiger partial charge in [0.2, 0.25) is 0 Å². The zero-order chi connectivity index (χ0) is 9.26. The maximum absolute atomic E-state index is 5.81. The average Bonchev–Trinajstić information content (AvgIpc) is 2.18. The Labute approximate surface area is 77.1 Å². The summed E-state index contributed by atoms with van der Waals surface area (Å²) in [6.07, 6.45) is 1.66. The Morgan fingerprint density at radius 3 is 3.08 bits per heavy atom. The van der Waals surface area contributed by atoms with Crippen LogP contribution in [-0.4, -0.2) is 16.6 Å². The molecule has 2 N–H and O–H groups in total. The van der Waals surface area contributed by atoms with Crippen molar-refractivity contribution in [1.82, 2.24) is 9.97 Å². The molecule has 0 spiro atoms. The van der Waals surface area contributed by atoms with E-state index in [0.717, 1.165) is 36.5 Å². The number of nitrogens with zero attached hydrogens (tertiary/aromatic N) is 2. The Morgan fingerprint density at radius 2 is 2.31 bits per heavy atom. The first-order valence-electron chi connectivity index (χ1n) is 4.53. The van der Waals surface area contributed by atoms with E-state index >= 15 is 0 Å². The highest BCUT2D eigenvalue weighted by molar-refractivity contribution is 5.43. The molecule has 70 valence electrons. The second-order valence-corrected chi connectivity index (χ2v) is 3.11. The molecule has 0 aromatic carbocycles. The van der Waals surface area contributed by atoms with Gasteiger partial charge in [-0.25, -0.2) is 9.97 Å². The fourth-order valence-electron chi connectivity index (χ4n) is 1.50. The molecular formula is C9H13N3O. The zero-order valence-electron chi connectivity index (χ0n) is 7.71.